The van der Waals surface area contributed by atoms with Crippen LogP contribution < -0.4 is 0 Å². The summed E-state index contributed by atoms with van der Waals surface area (Å²) < 4.78 is 5.31. The number of hydrogen-bond donors (Lipinski definition) is 0. The van der Waals surface area contributed by atoms with E-state index >= 15 is 0 Å². The molecule has 0 fully saturated rings. The van der Waals surface area contributed by atoms with Gasteiger partial charge in [0.1, 0.15) is 6.61 Å². The second kappa shape index (κ2) is 6.14. The number of hydrogen-bond acceptors (Lipinski definition) is 3. The van der Waals surface area contributed by atoms with Crippen molar-refractivity contribution in [3.05, 3.63) is 65.5 Å². The van der Waals surface area contributed by atoms with E-state index in [4.69, 9.17) is 4.74 Å². The highest BCUT2D eigenvalue weighted by Crippen LogP contribution is 2.15. The van der Waals surface area contributed by atoms with E-state index in [9.17, 15) is 4.79 Å². The summed E-state index contributed by atoms with van der Waals surface area (Å²) >= 11 is 0. The first-order valence-corrected chi connectivity index (χ1v) is 6.30. The maximum atomic E-state index is 11.9. The van der Waals surface area contributed by atoms with Crippen LogP contribution in [-0.2, 0) is 16.1 Å². The molecule has 1 aromatic carbocycles. The second-order valence-electron chi connectivity index (χ2n) is 4.57. The van der Waals surface area contributed by atoms with Gasteiger partial charge >= 0.3 is 5.97 Å². The molecule has 1 aromatic heterocycles. The summed E-state index contributed by atoms with van der Waals surface area (Å²) in [5.41, 5.74) is 2.92. The molecule has 2 rings (SSSR count). The standard InChI is InChI=1S/C16H17NO2/c1-12-6-8-14(9-7-12)11-19-16(18)13(2)15-5-3-4-10-17-15/h3-10,13H,11H2,1-2H3. The first-order chi connectivity index (χ1) is 9.16. The summed E-state index contributed by atoms with van der Waals surface area (Å²) in [5, 5.41) is 0. The van der Waals surface area contributed by atoms with Crippen LogP contribution >= 0.6 is 0 Å². The Morgan fingerprint density at radius 3 is 2.58 bits per heavy atom. The zero-order chi connectivity index (χ0) is 13.7. The molecule has 0 aliphatic rings. The van der Waals surface area contributed by atoms with Gasteiger partial charge in [0, 0.05) is 6.20 Å². The smallest absolute Gasteiger partial charge is 0.315 e. The molecule has 19 heavy (non-hydrogen) atoms. The normalized spacial score (nSPS) is 11.9. The second-order valence-corrected chi connectivity index (χ2v) is 4.57. The maximum Gasteiger partial charge on any atom is 0.315 e. The van der Waals surface area contributed by atoms with Crippen molar-refractivity contribution in [1.29, 1.82) is 0 Å². The van der Waals surface area contributed by atoms with Crippen molar-refractivity contribution in [2.24, 2.45) is 0 Å². The first-order valence-electron chi connectivity index (χ1n) is 6.30. The minimum atomic E-state index is -0.341. The average Bonchev–Trinajstić information content (AvgIpc) is 2.46. The summed E-state index contributed by atoms with van der Waals surface area (Å²) in [6, 6.07) is 13.5. The van der Waals surface area contributed by atoms with Crippen LogP contribution in [0.3, 0.4) is 0 Å². The lowest BCUT2D eigenvalue weighted by molar-refractivity contribution is -0.146. The summed E-state index contributed by atoms with van der Waals surface area (Å²) in [7, 11) is 0. The number of rotatable bonds is 4. The third-order valence-electron chi connectivity index (χ3n) is 2.99. The predicted molar refractivity (Wildman–Crippen MR) is 73.6 cm³/mol. The Balaban J connectivity index is 1.93. The van der Waals surface area contributed by atoms with Crippen molar-refractivity contribution in [3.63, 3.8) is 0 Å². The Bertz CT molecular complexity index is 534. The molecule has 0 aliphatic carbocycles. The summed E-state index contributed by atoms with van der Waals surface area (Å²) in [4.78, 5) is 16.1. The van der Waals surface area contributed by atoms with Crippen molar-refractivity contribution in [2.45, 2.75) is 26.4 Å². The lowest BCUT2D eigenvalue weighted by Gasteiger charge is -2.11. The number of aryl methyl sites for hydroxylation is 1. The Hall–Kier alpha value is -2.16. The van der Waals surface area contributed by atoms with Gasteiger partial charge in [-0.1, -0.05) is 35.9 Å². The Kier molecular flexibility index (Phi) is 4.29. The highest BCUT2D eigenvalue weighted by Gasteiger charge is 2.17. The van der Waals surface area contributed by atoms with Crippen LogP contribution in [0.25, 0.3) is 0 Å². The molecule has 1 atom stereocenters. The first kappa shape index (κ1) is 13.3. The maximum absolute atomic E-state index is 11.9. The number of pyridine rings is 1. The van der Waals surface area contributed by atoms with E-state index < -0.39 is 0 Å². The van der Waals surface area contributed by atoms with Gasteiger partial charge in [0.2, 0.25) is 0 Å². The highest BCUT2D eigenvalue weighted by atomic mass is 16.5. The highest BCUT2D eigenvalue weighted by molar-refractivity contribution is 5.77. The van der Waals surface area contributed by atoms with Gasteiger partial charge in [0.05, 0.1) is 11.6 Å². The minimum absolute atomic E-state index is 0.251. The number of carbonyl (C=O) groups excluding carboxylic acids is 1. The summed E-state index contributed by atoms with van der Waals surface area (Å²) in [6.07, 6.45) is 1.68. The third-order valence-corrected chi connectivity index (χ3v) is 2.99. The van der Waals surface area contributed by atoms with Gasteiger partial charge in [-0.25, -0.2) is 0 Å². The summed E-state index contributed by atoms with van der Waals surface area (Å²) in [6.45, 7) is 4.13. The SMILES string of the molecule is Cc1ccc(COC(=O)C(C)c2ccccn2)cc1. The van der Waals surface area contributed by atoms with E-state index in [1.807, 2.05) is 49.4 Å². The van der Waals surface area contributed by atoms with Gasteiger partial charge in [0.25, 0.3) is 0 Å². The Morgan fingerprint density at radius 1 is 1.21 bits per heavy atom. The molecule has 0 saturated carbocycles. The van der Waals surface area contributed by atoms with E-state index in [0.29, 0.717) is 6.61 Å². The van der Waals surface area contributed by atoms with Crippen molar-refractivity contribution >= 4 is 5.97 Å². The number of esters is 1. The summed E-state index contributed by atoms with van der Waals surface area (Å²) in [5.74, 6) is -0.592. The van der Waals surface area contributed by atoms with Gasteiger partial charge in [-0.05, 0) is 31.5 Å². The molecule has 0 bridgehead atoms. The predicted octanol–water partition coefficient (Wildman–Crippen LogP) is 3.24. The van der Waals surface area contributed by atoms with Crippen LogP contribution in [0.15, 0.2) is 48.7 Å². The number of ether oxygens (including phenoxy) is 1. The number of carbonyl (C=O) groups is 1. The van der Waals surface area contributed by atoms with Crippen LogP contribution in [0.2, 0.25) is 0 Å². The monoisotopic (exact) mass is 255 g/mol. The molecule has 0 saturated heterocycles. The van der Waals surface area contributed by atoms with Gasteiger partial charge in [-0.2, -0.15) is 0 Å². The topological polar surface area (TPSA) is 39.2 Å². The van der Waals surface area contributed by atoms with Crippen molar-refractivity contribution < 1.29 is 9.53 Å². The molecule has 1 unspecified atom stereocenters. The molecule has 0 amide bonds. The fourth-order valence-corrected chi connectivity index (χ4v) is 1.72. The van der Waals surface area contributed by atoms with Crippen molar-refractivity contribution in [3.8, 4) is 0 Å². The molecule has 0 radical (unpaired) electrons. The van der Waals surface area contributed by atoms with E-state index in [0.717, 1.165) is 11.3 Å². The molecular weight excluding hydrogens is 238 g/mol. The number of nitrogens with zero attached hydrogens (tertiary/aromatic N) is 1. The van der Waals surface area contributed by atoms with Crippen LogP contribution in [0.5, 0.6) is 0 Å². The lowest BCUT2D eigenvalue weighted by Crippen LogP contribution is -2.14. The molecule has 0 N–H and O–H groups in total. The van der Waals surface area contributed by atoms with E-state index in [2.05, 4.69) is 4.98 Å². The molecule has 3 nitrogen and oxygen atoms in total. The van der Waals surface area contributed by atoms with E-state index in [1.54, 1.807) is 13.1 Å². The average molecular weight is 255 g/mol. The molecule has 1 heterocycles. The molecule has 2 aromatic rings. The molecule has 0 spiro atoms. The Labute approximate surface area is 113 Å². The van der Waals surface area contributed by atoms with Crippen LogP contribution in [-0.4, -0.2) is 11.0 Å². The number of aromatic nitrogens is 1. The van der Waals surface area contributed by atoms with Gasteiger partial charge < -0.3 is 4.74 Å². The van der Waals surface area contributed by atoms with E-state index in [-0.39, 0.29) is 11.9 Å². The van der Waals surface area contributed by atoms with Crippen LogP contribution in [0.1, 0.15) is 29.7 Å². The van der Waals surface area contributed by atoms with Gasteiger partial charge in [-0.15, -0.1) is 0 Å². The van der Waals surface area contributed by atoms with Gasteiger partial charge in [0.15, 0.2) is 0 Å². The van der Waals surface area contributed by atoms with Gasteiger partial charge in [-0.3, -0.25) is 9.78 Å². The van der Waals surface area contributed by atoms with E-state index in [1.165, 1.54) is 5.56 Å². The zero-order valence-corrected chi connectivity index (χ0v) is 11.2. The molecule has 3 heteroatoms. The van der Waals surface area contributed by atoms with Crippen LogP contribution in [0, 0.1) is 6.92 Å². The lowest BCUT2D eigenvalue weighted by atomic mass is 10.1. The fraction of sp³-hybridized carbons (Fsp3) is 0.250. The zero-order valence-electron chi connectivity index (χ0n) is 11.2. The Morgan fingerprint density at radius 2 is 1.95 bits per heavy atom. The van der Waals surface area contributed by atoms with Crippen molar-refractivity contribution in [2.75, 3.05) is 0 Å². The largest absolute Gasteiger partial charge is 0.460 e. The molecule has 0 aliphatic heterocycles. The van der Waals surface area contributed by atoms with Crippen LogP contribution in [0.4, 0.5) is 0 Å². The minimum Gasteiger partial charge on any atom is -0.460 e. The fourth-order valence-electron chi connectivity index (χ4n) is 1.72. The molecule has 98 valence electrons. The molecular formula is C16H17NO2. The van der Waals surface area contributed by atoms with Crippen molar-refractivity contribution in [1.82, 2.24) is 4.98 Å². The third kappa shape index (κ3) is 3.65. The number of benzene rings is 1. The quantitative estimate of drug-likeness (QED) is 0.787.